The summed E-state index contributed by atoms with van der Waals surface area (Å²) >= 11 is 7.86. The number of nitro benzene ring substituents is 1. The fourth-order valence-corrected chi connectivity index (χ4v) is 4.50. The minimum absolute atomic E-state index is 0.0344. The van der Waals surface area contributed by atoms with E-state index in [0.717, 1.165) is 28.3 Å². The van der Waals surface area contributed by atoms with E-state index in [4.69, 9.17) is 17.3 Å². The highest BCUT2D eigenvalue weighted by Crippen LogP contribution is 2.46. The minimum atomic E-state index is -0.416. The Morgan fingerprint density at radius 2 is 2.04 bits per heavy atom. The number of hydrogen-bond donors (Lipinski definition) is 1. The van der Waals surface area contributed by atoms with Crippen molar-refractivity contribution in [1.29, 1.82) is 0 Å². The summed E-state index contributed by atoms with van der Waals surface area (Å²) in [6.07, 6.45) is 2.99. The van der Waals surface area contributed by atoms with E-state index in [1.807, 2.05) is 24.3 Å². The van der Waals surface area contributed by atoms with Crippen molar-refractivity contribution in [3.63, 3.8) is 0 Å². The number of benzene rings is 2. The molecule has 0 aromatic heterocycles. The number of nitro groups is 1. The van der Waals surface area contributed by atoms with Crippen LogP contribution >= 0.6 is 23.4 Å². The van der Waals surface area contributed by atoms with Gasteiger partial charge in [0.1, 0.15) is 5.82 Å². The van der Waals surface area contributed by atoms with Gasteiger partial charge in [-0.2, -0.15) is 0 Å². The van der Waals surface area contributed by atoms with Gasteiger partial charge in [-0.25, -0.2) is 4.99 Å². The van der Waals surface area contributed by atoms with Gasteiger partial charge in [0.25, 0.3) is 5.69 Å². The quantitative estimate of drug-likeness (QED) is 0.545. The lowest BCUT2D eigenvalue weighted by molar-refractivity contribution is -0.384. The number of thioether (sulfide) groups is 1. The molecular weight excluding hydrogens is 396 g/mol. The first kappa shape index (κ1) is 18.6. The van der Waals surface area contributed by atoms with Crippen LogP contribution < -0.4 is 5.73 Å². The summed E-state index contributed by atoms with van der Waals surface area (Å²) in [5.74, 6) is 0.406. The zero-order valence-electron chi connectivity index (χ0n) is 15.0. The van der Waals surface area contributed by atoms with Crippen LogP contribution in [0.2, 0.25) is 5.02 Å². The molecule has 0 aliphatic carbocycles. The summed E-state index contributed by atoms with van der Waals surface area (Å²) in [7, 11) is 0. The fraction of sp³-hybridized carbons (Fsp3) is 0.150. The second kappa shape index (κ2) is 7.33. The molecule has 4 rings (SSSR count). The van der Waals surface area contributed by atoms with Gasteiger partial charge in [-0.3, -0.25) is 10.1 Å². The molecule has 2 aliphatic heterocycles. The van der Waals surface area contributed by atoms with Crippen molar-refractivity contribution < 1.29 is 4.92 Å². The van der Waals surface area contributed by atoms with Crippen LogP contribution in [0.15, 0.2) is 70.4 Å². The predicted octanol–water partition coefficient (Wildman–Crippen LogP) is 5.29. The second-order valence-electron chi connectivity index (χ2n) is 6.41. The van der Waals surface area contributed by atoms with Gasteiger partial charge in [-0.15, -0.1) is 0 Å². The molecular formula is C20H17ClN4O2S. The highest BCUT2D eigenvalue weighted by molar-refractivity contribution is 8.17. The molecule has 0 spiro atoms. The highest BCUT2D eigenvalue weighted by Gasteiger charge is 2.36. The Morgan fingerprint density at radius 1 is 1.29 bits per heavy atom. The lowest BCUT2D eigenvalue weighted by atomic mass is 9.91. The largest absolute Gasteiger partial charge is 0.383 e. The van der Waals surface area contributed by atoms with E-state index in [0.29, 0.717) is 10.8 Å². The van der Waals surface area contributed by atoms with E-state index in [1.54, 1.807) is 23.9 Å². The molecule has 8 heteroatoms. The van der Waals surface area contributed by atoms with Gasteiger partial charge in [0.15, 0.2) is 5.17 Å². The molecule has 1 unspecified atom stereocenters. The van der Waals surface area contributed by atoms with Gasteiger partial charge in [-0.1, -0.05) is 42.4 Å². The molecule has 2 aromatic rings. The van der Waals surface area contributed by atoms with Crippen molar-refractivity contribution >= 4 is 39.8 Å². The number of rotatable bonds is 4. The monoisotopic (exact) mass is 412 g/mol. The van der Waals surface area contributed by atoms with E-state index >= 15 is 0 Å². The van der Waals surface area contributed by atoms with Crippen LogP contribution in [0.1, 0.15) is 30.5 Å². The maximum absolute atomic E-state index is 11.0. The van der Waals surface area contributed by atoms with Gasteiger partial charge in [0.05, 0.1) is 11.0 Å². The van der Waals surface area contributed by atoms with Gasteiger partial charge in [0, 0.05) is 33.8 Å². The summed E-state index contributed by atoms with van der Waals surface area (Å²) in [6.45, 7) is 2.10. The van der Waals surface area contributed by atoms with Crippen molar-refractivity contribution in [2.75, 3.05) is 0 Å². The van der Waals surface area contributed by atoms with E-state index in [9.17, 15) is 10.1 Å². The summed E-state index contributed by atoms with van der Waals surface area (Å²) in [4.78, 5) is 18.5. The molecule has 142 valence electrons. The number of non-ortho nitro benzene ring substituents is 1. The van der Waals surface area contributed by atoms with Crippen LogP contribution in [-0.2, 0) is 0 Å². The number of nitrogens with zero attached hydrogens (tertiary/aromatic N) is 3. The molecule has 0 saturated heterocycles. The molecule has 0 radical (unpaired) electrons. The Kier molecular flexibility index (Phi) is 4.87. The molecule has 2 heterocycles. The third-order valence-corrected chi connectivity index (χ3v) is 6.05. The molecule has 0 amide bonds. The molecule has 0 bridgehead atoms. The Bertz CT molecular complexity index is 1050. The van der Waals surface area contributed by atoms with Crippen LogP contribution in [0.5, 0.6) is 0 Å². The first-order valence-corrected chi connectivity index (χ1v) is 9.93. The van der Waals surface area contributed by atoms with Crippen LogP contribution in [0, 0.1) is 10.1 Å². The normalized spacial score (nSPS) is 18.6. The topological polar surface area (TPSA) is 84.8 Å². The molecule has 1 atom stereocenters. The van der Waals surface area contributed by atoms with Gasteiger partial charge in [0.2, 0.25) is 0 Å². The number of fused-ring (bicyclic) bond motifs is 1. The maximum atomic E-state index is 11.0. The van der Waals surface area contributed by atoms with Crippen molar-refractivity contribution in [2.45, 2.75) is 19.4 Å². The summed E-state index contributed by atoms with van der Waals surface area (Å²) in [5.41, 5.74) is 8.98. The zero-order valence-corrected chi connectivity index (χ0v) is 16.6. The Morgan fingerprint density at radius 3 is 2.68 bits per heavy atom. The number of aliphatic imine (C=N–C) groups is 1. The second-order valence-corrected chi connectivity index (χ2v) is 7.94. The van der Waals surface area contributed by atoms with Crippen molar-refractivity contribution in [2.24, 2.45) is 10.7 Å². The van der Waals surface area contributed by atoms with E-state index < -0.39 is 4.92 Å². The molecule has 6 nitrogen and oxygen atoms in total. The van der Waals surface area contributed by atoms with Crippen LogP contribution in [0.25, 0.3) is 5.57 Å². The molecule has 28 heavy (non-hydrogen) atoms. The first-order chi connectivity index (χ1) is 13.5. The van der Waals surface area contributed by atoms with Crippen molar-refractivity contribution in [1.82, 2.24) is 4.90 Å². The van der Waals surface area contributed by atoms with Crippen molar-refractivity contribution in [3.8, 4) is 0 Å². The molecule has 2 N–H and O–H groups in total. The third-order valence-electron chi connectivity index (χ3n) is 4.67. The number of allylic oxidation sites excluding steroid dienone is 1. The van der Waals surface area contributed by atoms with Crippen LogP contribution in [0.3, 0.4) is 0 Å². The number of nitrogens with two attached hydrogens (primary N) is 1. The first-order valence-electron chi connectivity index (χ1n) is 8.73. The van der Waals surface area contributed by atoms with Crippen LogP contribution in [-0.4, -0.2) is 15.0 Å². The lowest BCUT2D eigenvalue weighted by Crippen LogP contribution is -2.32. The third kappa shape index (κ3) is 3.27. The zero-order chi connectivity index (χ0) is 19.8. The average molecular weight is 413 g/mol. The Balaban J connectivity index is 1.87. The fourth-order valence-electron chi connectivity index (χ4n) is 3.35. The number of hydrogen-bond acceptors (Lipinski definition) is 6. The van der Waals surface area contributed by atoms with E-state index in [2.05, 4.69) is 23.0 Å². The van der Waals surface area contributed by atoms with Gasteiger partial charge >= 0.3 is 0 Å². The van der Waals surface area contributed by atoms with Gasteiger partial charge in [-0.05, 0) is 41.8 Å². The highest BCUT2D eigenvalue weighted by atomic mass is 35.5. The SMILES string of the molecule is CCC1=CN2C(=NC(N)=C(c3ccc([N+](=O)[O-])cc3)C2c2cccc(Cl)c2)S1. The average Bonchev–Trinajstić information content (AvgIpc) is 3.09. The van der Waals surface area contributed by atoms with E-state index in [1.165, 1.54) is 17.0 Å². The molecule has 0 fully saturated rings. The summed E-state index contributed by atoms with van der Waals surface area (Å²) in [6, 6.07) is 13.8. The van der Waals surface area contributed by atoms with Crippen molar-refractivity contribution in [3.05, 3.63) is 91.7 Å². The molecule has 2 aliphatic rings. The Hall–Kier alpha value is -2.77. The van der Waals surface area contributed by atoms with Gasteiger partial charge < -0.3 is 10.6 Å². The lowest BCUT2D eigenvalue weighted by Gasteiger charge is -2.34. The standard InChI is InChI=1S/C20H17ClN4O2S/c1-2-16-11-24-18(13-4-3-5-14(21)10-13)17(19(22)23-20(24)28-16)12-6-8-15(9-7-12)25(26)27/h3-11,18H,2,22H2,1H3. The molecule has 0 saturated carbocycles. The number of amidine groups is 1. The summed E-state index contributed by atoms with van der Waals surface area (Å²) in [5, 5.41) is 12.5. The number of halogens is 1. The Labute approximate surface area is 171 Å². The molecule has 2 aromatic carbocycles. The maximum Gasteiger partial charge on any atom is 0.269 e. The minimum Gasteiger partial charge on any atom is -0.383 e. The smallest absolute Gasteiger partial charge is 0.269 e. The summed E-state index contributed by atoms with van der Waals surface area (Å²) < 4.78 is 0. The van der Waals surface area contributed by atoms with Crippen LogP contribution in [0.4, 0.5) is 5.69 Å². The predicted molar refractivity (Wildman–Crippen MR) is 114 cm³/mol. The van der Waals surface area contributed by atoms with E-state index in [-0.39, 0.29) is 11.7 Å².